The van der Waals surface area contributed by atoms with Crippen LogP contribution in [0, 0.1) is 0 Å². The standard InChI is InChI=1S/C20H26N2O8/c1-20(2,3)30-19(27)22-14(17(24)25)10-12-6-8-13(9-7-12)21-15(18(26)29-5)11-16(23)28-4/h6-9,11,14,21H,10H2,1-5H3,(H,22,27)(H,24,25)/b15-11+. The highest BCUT2D eigenvalue weighted by atomic mass is 16.6. The van der Waals surface area contributed by atoms with E-state index >= 15 is 0 Å². The number of alkyl carbamates (subject to hydrolysis) is 1. The minimum absolute atomic E-state index is 0.0106. The molecule has 0 saturated carbocycles. The van der Waals surface area contributed by atoms with Crippen molar-refractivity contribution < 1.29 is 38.5 Å². The third-order valence-electron chi connectivity index (χ3n) is 3.53. The van der Waals surface area contributed by atoms with Crippen LogP contribution >= 0.6 is 0 Å². The normalized spacial score (nSPS) is 12.4. The van der Waals surface area contributed by atoms with Crippen molar-refractivity contribution in [1.82, 2.24) is 5.32 Å². The largest absolute Gasteiger partial charge is 0.480 e. The molecule has 164 valence electrons. The lowest BCUT2D eigenvalue weighted by Crippen LogP contribution is -2.44. The Morgan fingerprint density at radius 1 is 1.07 bits per heavy atom. The first-order chi connectivity index (χ1) is 13.9. The van der Waals surface area contributed by atoms with Crippen LogP contribution in [0.2, 0.25) is 0 Å². The molecule has 1 atom stereocenters. The second-order valence-electron chi connectivity index (χ2n) is 7.14. The molecule has 0 saturated heterocycles. The summed E-state index contributed by atoms with van der Waals surface area (Å²) in [6, 6.07) is 5.19. The van der Waals surface area contributed by atoms with Crippen LogP contribution in [0.3, 0.4) is 0 Å². The minimum atomic E-state index is -1.21. The third kappa shape index (κ3) is 8.63. The molecule has 30 heavy (non-hydrogen) atoms. The molecule has 0 bridgehead atoms. The molecular weight excluding hydrogens is 396 g/mol. The number of hydrogen-bond acceptors (Lipinski definition) is 8. The second-order valence-corrected chi connectivity index (χ2v) is 7.14. The molecule has 0 aromatic heterocycles. The summed E-state index contributed by atoms with van der Waals surface area (Å²) in [5.41, 5.74) is 0.175. The fourth-order valence-electron chi connectivity index (χ4n) is 2.20. The Kier molecular flexibility index (Phi) is 8.85. The molecule has 10 nitrogen and oxygen atoms in total. The van der Waals surface area contributed by atoms with Gasteiger partial charge in [-0.05, 0) is 38.5 Å². The number of carbonyl (C=O) groups excluding carboxylic acids is 3. The van der Waals surface area contributed by atoms with Crippen LogP contribution in [0.1, 0.15) is 26.3 Å². The fourth-order valence-corrected chi connectivity index (χ4v) is 2.20. The van der Waals surface area contributed by atoms with Gasteiger partial charge in [0.05, 0.1) is 20.3 Å². The Balaban J connectivity index is 2.87. The van der Waals surface area contributed by atoms with Gasteiger partial charge < -0.3 is 30.0 Å². The van der Waals surface area contributed by atoms with Crippen molar-refractivity contribution in [3.8, 4) is 0 Å². The van der Waals surface area contributed by atoms with E-state index in [9.17, 15) is 24.3 Å². The van der Waals surface area contributed by atoms with E-state index in [0.717, 1.165) is 6.08 Å². The first-order valence-electron chi connectivity index (χ1n) is 8.91. The summed E-state index contributed by atoms with van der Waals surface area (Å²) in [6.45, 7) is 5.02. The Bertz CT molecular complexity index is 809. The van der Waals surface area contributed by atoms with Crippen LogP contribution in [-0.2, 0) is 35.0 Å². The molecule has 1 amide bonds. The molecule has 1 unspecified atom stereocenters. The molecule has 0 radical (unpaired) electrons. The minimum Gasteiger partial charge on any atom is -0.480 e. The van der Waals surface area contributed by atoms with E-state index in [2.05, 4.69) is 20.1 Å². The Morgan fingerprint density at radius 3 is 2.13 bits per heavy atom. The molecule has 0 heterocycles. The third-order valence-corrected chi connectivity index (χ3v) is 3.53. The highest BCUT2D eigenvalue weighted by molar-refractivity contribution is 5.98. The predicted octanol–water partition coefficient (Wildman–Crippen LogP) is 1.85. The molecule has 0 fully saturated rings. The van der Waals surface area contributed by atoms with Gasteiger partial charge in [-0.1, -0.05) is 12.1 Å². The molecule has 0 spiro atoms. The zero-order chi connectivity index (χ0) is 22.9. The first-order valence-corrected chi connectivity index (χ1v) is 8.91. The van der Waals surface area contributed by atoms with E-state index in [4.69, 9.17) is 4.74 Å². The smallest absolute Gasteiger partial charge is 0.408 e. The molecule has 0 aliphatic heterocycles. The summed E-state index contributed by atoms with van der Waals surface area (Å²) in [5, 5.41) is 14.4. The van der Waals surface area contributed by atoms with Gasteiger partial charge in [0.1, 0.15) is 17.3 Å². The van der Waals surface area contributed by atoms with Gasteiger partial charge in [0.25, 0.3) is 0 Å². The maximum atomic E-state index is 11.8. The average molecular weight is 422 g/mol. The van der Waals surface area contributed by atoms with Crippen molar-refractivity contribution in [3.63, 3.8) is 0 Å². The van der Waals surface area contributed by atoms with Crippen LogP contribution in [0.5, 0.6) is 0 Å². The number of carbonyl (C=O) groups is 4. The van der Waals surface area contributed by atoms with Crippen LogP contribution in [0.25, 0.3) is 0 Å². The molecule has 10 heteroatoms. The summed E-state index contributed by atoms with van der Waals surface area (Å²) in [4.78, 5) is 46.5. The number of carboxylic acid groups (broad SMARTS) is 1. The Labute approximate surface area is 174 Å². The topological polar surface area (TPSA) is 140 Å². The van der Waals surface area contributed by atoms with Gasteiger partial charge in [-0.25, -0.2) is 19.2 Å². The van der Waals surface area contributed by atoms with Crippen molar-refractivity contribution >= 4 is 29.7 Å². The van der Waals surface area contributed by atoms with Crippen LogP contribution in [-0.4, -0.2) is 55.0 Å². The van der Waals surface area contributed by atoms with E-state index in [-0.39, 0.29) is 12.1 Å². The zero-order valence-electron chi connectivity index (χ0n) is 17.5. The van der Waals surface area contributed by atoms with Crippen molar-refractivity contribution in [2.45, 2.75) is 38.8 Å². The van der Waals surface area contributed by atoms with Gasteiger partial charge in [-0.15, -0.1) is 0 Å². The van der Waals surface area contributed by atoms with Crippen LogP contribution < -0.4 is 10.6 Å². The van der Waals surface area contributed by atoms with Gasteiger partial charge in [0.2, 0.25) is 0 Å². The highest BCUT2D eigenvalue weighted by Gasteiger charge is 2.24. The fraction of sp³-hybridized carbons (Fsp3) is 0.400. The number of carboxylic acids is 1. The number of benzene rings is 1. The monoisotopic (exact) mass is 422 g/mol. The Hall–Kier alpha value is -3.56. The quantitative estimate of drug-likeness (QED) is 0.325. The van der Waals surface area contributed by atoms with E-state index in [1.807, 2.05) is 0 Å². The summed E-state index contributed by atoms with van der Waals surface area (Å²) in [6.07, 6.45) is 0.130. The van der Waals surface area contributed by atoms with E-state index in [1.54, 1.807) is 45.0 Å². The van der Waals surface area contributed by atoms with Gasteiger partial charge in [0.15, 0.2) is 0 Å². The molecule has 0 aliphatic carbocycles. The lowest BCUT2D eigenvalue weighted by molar-refractivity contribution is -0.139. The number of esters is 2. The van der Waals surface area contributed by atoms with Gasteiger partial charge in [-0.2, -0.15) is 0 Å². The molecule has 1 aromatic rings. The maximum absolute atomic E-state index is 11.8. The summed E-state index contributed by atoms with van der Waals surface area (Å²) in [5.74, 6) is -2.72. The van der Waals surface area contributed by atoms with Gasteiger partial charge >= 0.3 is 24.0 Å². The van der Waals surface area contributed by atoms with E-state index in [1.165, 1.54) is 14.2 Å². The number of methoxy groups -OCH3 is 2. The molecule has 0 aliphatic rings. The van der Waals surface area contributed by atoms with E-state index in [0.29, 0.717) is 11.3 Å². The van der Waals surface area contributed by atoms with Gasteiger partial charge in [0, 0.05) is 12.1 Å². The SMILES string of the molecule is COC(=O)/C=C(/Nc1ccc(CC(NC(=O)OC(C)(C)C)C(=O)O)cc1)C(=O)OC. The van der Waals surface area contributed by atoms with Crippen molar-refractivity contribution in [2.24, 2.45) is 0 Å². The summed E-state index contributed by atoms with van der Waals surface area (Å²) in [7, 11) is 2.34. The summed E-state index contributed by atoms with van der Waals surface area (Å²) < 4.78 is 14.2. The Morgan fingerprint density at radius 2 is 1.67 bits per heavy atom. The molecule has 1 rings (SSSR count). The number of nitrogens with one attached hydrogen (secondary N) is 2. The number of aliphatic carboxylic acids is 1. The summed E-state index contributed by atoms with van der Waals surface area (Å²) >= 11 is 0. The molecule has 3 N–H and O–H groups in total. The van der Waals surface area contributed by atoms with Crippen molar-refractivity contribution in [1.29, 1.82) is 0 Å². The number of amides is 1. The average Bonchev–Trinajstić information content (AvgIpc) is 2.65. The first kappa shape index (κ1) is 24.5. The van der Waals surface area contributed by atoms with E-state index < -0.39 is 35.6 Å². The van der Waals surface area contributed by atoms with Crippen molar-refractivity contribution in [2.75, 3.05) is 19.5 Å². The molecule has 1 aromatic carbocycles. The van der Waals surface area contributed by atoms with Crippen LogP contribution in [0.15, 0.2) is 36.0 Å². The second kappa shape index (κ2) is 10.8. The number of anilines is 1. The maximum Gasteiger partial charge on any atom is 0.408 e. The van der Waals surface area contributed by atoms with Crippen LogP contribution in [0.4, 0.5) is 10.5 Å². The number of ether oxygens (including phenoxy) is 3. The van der Waals surface area contributed by atoms with Crippen molar-refractivity contribution in [3.05, 3.63) is 41.6 Å². The lowest BCUT2D eigenvalue weighted by atomic mass is 10.1. The number of hydrogen-bond donors (Lipinski definition) is 3. The number of rotatable bonds is 8. The molecular formula is C20H26N2O8. The lowest BCUT2D eigenvalue weighted by Gasteiger charge is -2.22. The van der Waals surface area contributed by atoms with Gasteiger partial charge in [-0.3, -0.25) is 0 Å². The predicted molar refractivity (Wildman–Crippen MR) is 107 cm³/mol. The zero-order valence-corrected chi connectivity index (χ0v) is 17.5. The highest BCUT2D eigenvalue weighted by Crippen LogP contribution is 2.15.